The van der Waals surface area contributed by atoms with Crippen LogP contribution in [0.3, 0.4) is 0 Å². The topological polar surface area (TPSA) is 50.8 Å². The minimum absolute atomic E-state index is 0.0660. The molecule has 0 spiro atoms. The van der Waals surface area contributed by atoms with Crippen molar-refractivity contribution in [3.8, 4) is 5.75 Å². The molecule has 0 saturated carbocycles. The Morgan fingerprint density at radius 1 is 1.57 bits per heavy atom. The van der Waals surface area contributed by atoms with Gasteiger partial charge in [0.25, 0.3) is 0 Å². The molecule has 0 bridgehead atoms. The SMILES string of the molecule is C=CCOc1ccccc1CNC(=O)N1CCO[C@H](C)C1. The summed E-state index contributed by atoms with van der Waals surface area (Å²) < 4.78 is 11.0. The van der Waals surface area contributed by atoms with Gasteiger partial charge in [-0.3, -0.25) is 0 Å². The zero-order valence-electron chi connectivity index (χ0n) is 12.4. The molecule has 21 heavy (non-hydrogen) atoms. The maximum atomic E-state index is 12.1. The van der Waals surface area contributed by atoms with Crippen LogP contribution in [0.25, 0.3) is 0 Å². The Labute approximate surface area is 125 Å². The monoisotopic (exact) mass is 290 g/mol. The summed E-state index contributed by atoms with van der Waals surface area (Å²) in [5, 5.41) is 2.93. The molecule has 0 aromatic heterocycles. The molecule has 0 aliphatic carbocycles. The minimum Gasteiger partial charge on any atom is -0.489 e. The molecule has 1 atom stereocenters. The summed E-state index contributed by atoms with van der Waals surface area (Å²) in [6, 6.07) is 7.61. The summed E-state index contributed by atoms with van der Waals surface area (Å²) in [7, 11) is 0. The maximum absolute atomic E-state index is 12.1. The normalized spacial score (nSPS) is 18.1. The second-order valence-corrected chi connectivity index (χ2v) is 4.99. The summed E-state index contributed by atoms with van der Waals surface area (Å²) in [5.41, 5.74) is 0.953. The van der Waals surface area contributed by atoms with Gasteiger partial charge in [-0.25, -0.2) is 4.79 Å². The lowest BCUT2D eigenvalue weighted by Crippen LogP contribution is -2.48. The molecule has 5 heteroatoms. The first-order valence-corrected chi connectivity index (χ1v) is 7.16. The number of rotatable bonds is 5. The summed E-state index contributed by atoms with van der Waals surface area (Å²) in [5.74, 6) is 0.771. The van der Waals surface area contributed by atoms with Crippen LogP contribution in [0.1, 0.15) is 12.5 Å². The van der Waals surface area contributed by atoms with E-state index >= 15 is 0 Å². The fraction of sp³-hybridized carbons (Fsp3) is 0.438. The molecule has 1 aliphatic rings. The van der Waals surface area contributed by atoms with Crippen LogP contribution in [0.4, 0.5) is 4.79 Å². The van der Waals surface area contributed by atoms with Gasteiger partial charge in [0.05, 0.1) is 12.7 Å². The third-order valence-electron chi connectivity index (χ3n) is 3.29. The number of ether oxygens (including phenoxy) is 2. The van der Waals surface area contributed by atoms with Crippen LogP contribution in [0.5, 0.6) is 5.75 Å². The smallest absolute Gasteiger partial charge is 0.317 e. The lowest BCUT2D eigenvalue weighted by molar-refractivity contribution is -0.00352. The van der Waals surface area contributed by atoms with Gasteiger partial charge in [-0.15, -0.1) is 0 Å². The third kappa shape index (κ3) is 4.49. The average Bonchev–Trinajstić information content (AvgIpc) is 2.51. The summed E-state index contributed by atoms with van der Waals surface area (Å²) in [4.78, 5) is 13.9. The Kier molecular flexibility index (Phi) is 5.63. The van der Waals surface area contributed by atoms with Crippen molar-refractivity contribution in [2.45, 2.75) is 19.6 Å². The van der Waals surface area contributed by atoms with Crippen LogP contribution >= 0.6 is 0 Å². The molecule has 1 fully saturated rings. The lowest BCUT2D eigenvalue weighted by atomic mass is 10.2. The summed E-state index contributed by atoms with van der Waals surface area (Å²) >= 11 is 0. The molecule has 1 N–H and O–H groups in total. The van der Waals surface area contributed by atoms with E-state index in [1.807, 2.05) is 31.2 Å². The van der Waals surface area contributed by atoms with Crippen LogP contribution in [0.15, 0.2) is 36.9 Å². The number of benzene rings is 1. The Hall–Kier alpha value is -2.01. The molecular formula is C16H22N2O3. The molecule has 1 aromatic rings. The van der Waals surface area contributed by atoms with Gasteiger partial charge in [-0.05, 0) is 13.0 Å². The highest BCUT2D eigenvalue weighted by Gasteiger charge is 2.21. The number of morpholine rings is 1. The largest absolute Gasteiger partial charge is 0.489 e. The molecule has 1 aromatic carbocycles. The molecule has 5 nitrogen and oxygen atoms in total. The zero-order valence-corrected chi connectivity index (χ0v) is 12.4. The minimum atomic E-state index is -0.0660. The average molecular weight is 290 g/mol. The molecule has 0 unspecified atom stereocenters. The van der Waals surface area contributed by atoms with E-state index in [2.05, 4.69) is 11.9 Å². The fourth-order valence-electron chi connectivity index (χ4n) is 2.22. The van der Waals surface area contributed by atoms with Crippen LogP contribution < -0.4 is 10.1 Å². The van der Waals surface area contributed by atoms with Gasteiger partial charge >= 0.3 is 6.03 Å². The molecule has 1 heterocycles. The third-order valence-corrected chi connectivity index (χ3v) is 3.29. The quantitative estimate of drug-likeness (QED) is 0.846. The number of urea groups is 1. The number of amides is 2. The van der Waals surface area contributed by atoms with Crippen molar-refractivity contribution < 1.29 is 14.3 Å². The molecular weight excluding hydrogens is 268 g/mol. The molecule has 2 rings (SSSR count). The van der Waals surface area contributed by atoms with Crippen molar-refractivity contribution in [3.63, 3.8) is 0 Å². The van der Waals surface area contributed by atoms with Gasteiger partial charge in [-0.2, -0.15) is 0 Å². The summed E-state index contributed by atoms with van der Waals surface area (Å²) in [6.45, 7) is 8.34. The Morgan fingerprint density at radius 3 is 3.14 bits per heavy atom. The predicted molar refractivity (Wildman–Crippen MR) is 81.4 cm³/mol. The van der Waals surface area contributed by atoms with Crippen molar-refractivity contribution in [2.75, 3.05) is 26.3 Å². The Balaban J connectivity index is 1.90. The van der Waals surface area contributed by atoms with E-state index in [0.29, 0.717) is 32.8 Å². The van der Waals surface area contributed by atoms with E-state index < -0.39 is 0 Å². The van der Waals surface area contributed by atoms with Crippen LogP contribution in [-0.4, -0.2) is 43.3 Å². The molecule has 1 saturated heterocycles. The van der Waals surface area contributed by atoms with Crippen LogP contribution in [0.2, 0.25) is 0 Å². The highest BCUT2D eigenvalue weighted by Crippen LogP contribution is 2.17. The first kappa shape index (κ1) is 15.4. The number of para-hydroxylation sites is 1. The fourth-order valence-corrected chi connectivity index (χ4v) is 2.22. The number of nitrogens with zero attached hydrogens (tertiary/aromatic N) is 1. The number of hydrogen-bond donors (Lipinski definition) is 1. The van der Waals surface area contributed by atoms with Crippen molar-refractivity contribution in [2.24, 2.45) is 0 Å². The number of carbonyl (C=O) groups excluding carboxylic acids is 1. The predicted octanol–water partition coefficient (Wildman–Crippen LogP) is 2.18. The van der Waals surface area contributed by atoms with E-state index in [-0.39, 0.29) is 12.1 Å². The number of hydrogen-bond acceptors (Lipinski definition) is 3. The van der Waals surface area contributed by atoms with Gasteiger partial charge in [0.15, 0.2) is 0 Å². The van der Waals surface area contributed by atoms with E-state index in [1.54, 1.807) is 11.0 Å². The van der Waals surface area contributed by atoms with E-state index in [1.165, 1.54) is 0 Å². The van der Waals surface area contributed by atoms with E-state index in [4.69, 9.17) is 9.47 Å². The lowest BCUT2D eigenvalue weighted by Gasteiger charge is -2.31. The number of carbonyl (C=O) groups is 1. The molecule has 0 radical (unpaired) electrons. The van der Waals surface area contributed by atoms with E-state index in [9.17, 15) is 4.79 Å². The number of nitrogens with one attached hydrogen (secondary N) is 1. The molecule has 1 aliphatic heterocycles. The zero-order chi connectivity index (χ0) is 15.1. The highest BCUT2D eigenvalue weighted by molar-refractivity contribution is 5.74. The molecule has 2 amide bonds. The van der Waals surface area contributed by atoms with Gasteiger partial charge in [0, 0.05) is 25.2 Å². The Morgan fingerprint density at radius 2 is 2.38 bits per heavy atom. The van der Waals surface area contributed by atoms with Gasteiger partial charge < -0.3 is 19.7 Å². The van der Waals surface area contributed by atoms with Gasteiger partial charge in [0.1, 0.15) is 12.4 Å². The van der Waals surface area contributed by atoms with Crippen molar-refractivity contribution in [1.29, 1.82) is 0 Å². The van der Waals surface area contributed by atoms with Crippen molar-refractivity contribution >= 4 is 6.03 Å². The van der Waals surface area contributed by atoms with Crippen LogP contribution in [-0.2, 0) is 11.3 Å². The second-order valence-electron chi connectivity index (χ2n) is 4.99. The van der Waals surface area contributed by atoms with E-state index in [0.717, 1.165) is 11.3 Å². The van der Waals surface area contributed by atoms with Crippen molar-refractivity contribution in [1.82, 2.24) is 10.2 Å². The van der Waals surface area contributed by atoms with Crippen LogP contribution in [0, 0.1) is 0 Å². The van der Waals surface area contributed by atoms with Crippen molar-refractivity contribution in [3.05, 3.63) is 42.5 Å². The highest BCUT2D eigenvalue weighted by atomic mass is 16.5. The first-order valence-electron chi connectivity index (χ1n) is 7.16. The Bertz CT molecular complexity index is 490. The van der Waals surface area contributed by atoms with Gasteiger partial charge in [-0.1, -0.05) is 30.9 Å². The maximum Gasteiger partial charge on any atom is 0.317 e. The standard InChI is InChI=1S/C16H22N2O3/c1-3-9-21-15-7-5-4-6-14(15)11-17-16(19)18-8-10-20-13(2)12-18/h3-7,13H,1,8-12H2,2H3,(H,17,19)/t13-/m1/s1. The summed E-state index contributed by atoms with van der Waals surface area (Å²) in [6.07, 6.45) is 1.79. The van der Waals surface area contributed by atoms with Gasteiger partial charge in [0.2, 0.25) is 0 Å². The molecule has 114 valence electrons. The first-order chi connectivity index (χ1) is 10.2. The second kappa shape index (κ2) is 7.69.